The van der Waals surface area contributed by atoms with E-state index in [9.17, 15) is 18.0 Å². The number of aryl methyl sites for hydroxylation is 1. The molecule has 1 fully saturated rings. The zero-order valence-corrected chi connectivity index (χ0v) is 15.6. The summed E-state index contributed by atoms with van der Waals surface area (Å²) in [6.45, 7) is 4.47. The van der Waals surface area contributed by atoms with Crippen LogP contribution < -0.4 is 10.0 Å². The summed E-state index contributed by atoms with van der Waals surface area (Å²) in [6.07, 6.45) is 1.16. The summed E-state index contributed by atoms with van der Waals surface area (Å²) >= 11 is 0. The summed E-state index contributed by atoms with van der Waals surface area (Å²) in [7, 11) is -2.08. The Kier molecular flexibility index (Phi) is 6.18. The molecule has 2 amide bonds. The summed E-state index contributed by atoms with van der Waals surface area (Å²) in [4.78, 5) is 25.9. The molecule has 1 aromatic rings. The number of rotatable bonds is 7. The van der Waals surface area contributed by atoms with E-state index in [0.29, 0.717) is 25.8 Å². The molecule has 1 atom stereocenters. The van der Waals surface area contributed by atoms with Gasteiger partial charge in [-0.2, -0.15) is 0 Å². The van der Waals surface area contributed by atoms with Gasteiger partial charge in [-0.25, -0.2) is 13.1 Å². The summed E-state index contributed by atoms with van der Waals surface area (Å²) < 4.78 is 25.6. The Hall–Kier alpha value is -1.93. The Balaban J connectivity index is 1.84. The third-order valence-electron chi connectivity index (χ3n) is 4.29. The molecule has 1 aliphatic rings. The van der Waals surface area contributed by atoms with Gasteiger partial charge in [0.15, 0.2) is 0 Å². The van der Waals surface area contributed by atoms with Gasteiger partial charge in [0, 0.05) is 25.4 Å². The van der Waals surface area contributed by atoms with Crippen molar-refractivity contribution in [1.82, 2.24) is 14.9 Å². The van der Waals surface area contributed by atoms with Gasteiger partial charge in [0.25, 0.3) is 0 Å². The maximum Gasteiger partial charge on any atom is 0.240 e. The monoisotopic (exact) mass is 367 g/mol. The lowest BCUT2D eigenvalue weighted by Crippen LogP contribution is -2.38. The fourth-order valence-electron chi connectivity index (χ4n) is 2.84. The molecule has 25 heavy (non-hydrogen) atoms. The van der Waals surface area contributed by atoms with Crippen LogP contribution in [0.2, 0.25) is 0 Å². The van der Waals surface area contributed by atoms with Gasteiger partial charge in [0.2, 0.25) is 21.8 Å². The normalized spacial score (nSPS) is 18.0. The van der Waals surface area contributed by atoms with Crippen LogP contribution in [0.1, 0.15) is 32.3 Å². The second-order valence-electron chi connectivity index (χ2n) is 6.46. The van der Waals surface area contributed by atoms with E-state index < -0.39 is 10.0 Å². The lowest BCUT2D eigenvalue weighted by atomic mass is 10.1. The van der Waals surface area contributed by atoms with Gasteiger partial charge in [-0.3, -0.25) is 9.59 Å². The lowest BCUT2D eigenvalue weighted by Gasteiger charge is -2.21. The van der Waals surface area contributed by atoms with Crippen molar-refractivity contribution in [3.63, 3.8) is 0 Å². The maximum atomic E-state index is 12.1. The van der Waals surface area contributed by atoms with E-state index in [1.807, 2.05) is 13.8 Å². The van der Waals surface area contributed by atoms with Gasteiger partial charge < -0.3 is 10.2 Å². The van der Waals surface area contributed by atoms with E-state index in [1.54, 1.807) is 17.0 Å². The quantitative estimate of drug-likeness (QED) is 0.740. The van der Waals surface area contributed by atoms with Crippen molar-refractivity contribution in [3.05, 3.63) is 29.8 Å². The number of carbonyl (C=O) groups excluding carboxylic acids is 2. The van der Waals surface area contributed by atoms with Crippen LogP contribution in [-0.4, -0.2) is 50.8 Å². The van der Waals surface area contributed by atoms with E-state index in [1.165, 1.54) is 19.2 Å². The third kappa shape index (κ3) is 5.02. The largest absolute Gasteiger partial charge is 0.351 e. The van der Waals surface area contributed by atoms with Crippen molar-refractivity contribution in [2.24, 2.45) is 0 Å². The number of nitrogens with one attached hydrogen (secondary N) is 2. The molecule has 0 aliphatic carbocycles. The number of sulfonamides is 1. The Morgan fingerprint density at radius 2 is 1.92 bits per heavy atom. The molecule has 0 spiro atoms. The van der Waals surface area contributed by atoms with Crippen molar-refractivity contribution in [1.29, 1.82) is 0 Å². The van der Waals surface area contributed by atoms with Gasteiger partial charge in [-0.15, -0.1) is 0 Å². The van der Waals surface area contributed by atoms with Gasteiger partial charge in [0.1, 0.15) is 0 Å². The van der Waals surface area contributed by atoms with Crippen molar-refractivity contribution >= 4 is 21.8 Å². The number of carbonyl (C=O) groups is 2. The molecule has 2 rings (SSSR count). The highest BCUT2D eigenvalue weighted by molar-refractivity contribution is 7.89. The highest BCUT2D eigenvalue weighted by atomic mass is 32.2. The molecular weight excluding hydrogens is 342 g/mol. The van der Waals surface area contributed by atoms with Crippen LogP contribution in [0.3, 0.4) is 0 Å². The highest BCUT2D eigenvalue weighted by Gasteiger charge is 2.31. The van der Waals surface area contributed by atoms with Gasteiger partial charge in [-0.05, 0) is 45.0 Å². The molecule has 0 bridgehead atoms. The average Bonchev–Trinajstić information content (AvgIpc) is 2.94. The third-order valence-corrected chi connectivity index (χ3v) is 5.72. The van der Waals surface area contributed by atoms with E-state index in [0.717, 1.165) is 5.56 Å². The first-order chi connectivity index (χ1) is 11.7. The molecule has 0 aromatic heterocycles. The minimum Gasteiger partial charge on any atom is -0.351 e. The van der Waals surface area contributed by atoms with Gasteiger partial charge in [-0.1, -0.05) is 12.1 Å². The summed E-state index contributed by atoms with van der Waals surface area (Å²) in [5, 5.41) is 2.90. The molecule has 1 unspecified atom stereocenters. The molecule has 1 heterocycles. The Bertz CT molecular complexity index is 729. The standard InChI is InChI=1S/C17H25N3O4S/c1-12(2)20-11-14(10-17(20)22)19-16(21)9-6-13-4-7-15(8-5-13)25(23,24)18-3/h4-5,7-8,12,14,18H,6,9-11H2,1-3H3,(H,19,21). The summed E-state index contributed by atoms with van der Waals surface area (Å²) in [6, 6.07) is 6.46. The number of benzene rings is 1. The van der Waals surface area contributed by atoms with Crippen LogP contribution in [0.25, 0.3) is 0 Å². The van der Waals surface area contributed by atoms with E-state index >= 15 is 0 Å². The first kappa shape index (κ1) is 19.4. The Labute approximate surface area is 148 Å². The van der Waals surface area contributed by atoms with Gasteiger partial charge >= 0.3 is 0 Å². The number of nitrogens with zero attached hydrogens (tertiary/aromatic N) is 1. The first-order valence-electron chi connectivity index (χ1n) is 8.34. The van der Waals surface area contributed by atoms with E-state index in [4.69, 9.17) is 0 Å². The predicted molar refractivity (Wildman–Crippen MR) is 94.4 cm³/mol. The minimum atomic E-state index is -3.45. The molecule has 7 nitrogen and oxygen atoms in total. The Morgan fingerprint density at radius 1 is 1.28 bits per heavy atom. The zero-order valence-electron chi connectivity index (χ0n) is 14.8. The molecule has 0 radical (unpaired) electrons. The average molecular weight is 367 g/mol. The van der Waals surface area contributed by atoms with E-state index in [2.05, 4.69) is 10.0 Å². The van der Waals surface area contributed by atoms with Gasteiger partial charge in [0.05, 0.1) is 10.9 Å². The van der Waals surface area contributed by atoms with Crippen molar-refractivity contribution in [2.75, 3.05) is 13.6 Å². The van der Waals surface area contributed by atoms with Crippen LogP contribution >= 0.6 is 0 Å². The zero-order chi connectivity index (χ0) is 18.6. The molecule has 2 N–H and O–H groups in total. The SMILES string of the molecule is CNS(=O)(=O)c1ccc(CCC(=O)NC2CC(=O)N(C(C)C)C2)cc1. The minimum absolute atomic E-state index is 0.0710. The van der Waals surface area contributed by atoms with Crippen molar-refractivity contribution < 1.29 is 18.0 Å². The van der Waals surface area contributed by atoms with Crippen LogP contribution in [0.5, 0.6) is 0 Å². The van der Waals surface area contributed by atoms with Crippen molar-refractivity contribution in [2.45, 2.75) is 50.1 Å². The number of hydrogen-bond donors (Lipinski definition) is 2. The van der Waals surface area contributed by atoms with Crippen LogP contribution in [0.4, 0.5) is 0 Å². The van der Waals surface area contributed by atoms with Crippen LogP contribution in [0.15, 0.2) is 29.2 Å². The number of hydrogen-bond acceptors (Lipinski definition) is 4. The fraction of sp³-hybridized carbons (Fsp3) is 0.529. The smallest absolute Gasteiger partial charge is 0.240 e. The van der Waals surface area contributed by atoms with Crippen molar-refractivity contribution in [3.8, 4) is 0 Å². The molecule has 0 saturated carbocycles. The molecular formula is C17H25N3O4S. The molecule has 138 valence electrons. The first-order valence-corrected chi connectivity index (χ1v) is 9.82. The summed E-state index contributed by atoms with van der Waals surface area (Å²) in [5.41, 5.74) is 0.886. The molecule has 1 aliphatic heterocycles. The molecule has 1 saturated heterocycles. The number of amides is 2. The molecule has 1 aromatic carbocycles. The van der Waals surface area contributed by atoms with Crippen LogP contribution in [0, 0.1) is 0 Å². The highest BCUT2D eigenvalue weighted by Crippen LogP contribution is 2.15. The summed E-state index contributed by atoms with van der Waals surface area (Å²) in [5.74, 6) is -0.0306. The Morgan fingerprint density at radius 3 is 2.44 bits per heavy atom. The fourth-order valence-corrected chi connectivity index (χ4v) is 3.57. The second-order valence-corrected chi connectivity index (χ2v) is 8.35. The molecule has 8 heteroatoms. The maximum absolute atomic E-state index is 12.1. The number of likely N-dealkylation sites (tertiary alicyclic amines) is 1. The lowest BCUT2D eigenvalue weighted by molar-refractivity contribution is -0.129. The second kappa shape index (κ2) is 7.97. The van der Waals surface area contributed by atoms with Crippen LogP contribution in [-0.2, 0) is 26.0 Å². The van der Waals surface area contributed by atoms with E-state index in [-0.39, 0.29) is 28.8 Å². The topological polar surface area (TPSA) is 95.6 Å². The predicted octanol–water partition coefficient (Wildman–Crippen LogP) is 0.653.